The molecule has 1 heterocycles. The van der Waals surface area contributed by atoms with Crippen molar-refractivity contribution < 1.29 is 24.4 Å². The number of rotatable bonds is 35. The zero-order chi connectivity index (χ0) is 35.6. The van der Waals surface area contributed by atoms with Gasteiger partial charge in [0.05, 0.1) is 13.2 Å². The van der Waals surface area contributed by atoms with E-state index in [2.05, 4.69) is 13.8 Å². The first-order valence-electron chi connectivity index (χ1n) is 21.3. The molecule has 0 aromatic carbocycles. The lowest BCUT2D eigenvalue weighted by atomic mass is 9.99. The second-order valence-electron chi connectivity index (χ2n) is 14.9. The average molecular weight is 729 g/mol. The van der Waals surface area contributed by atoms with Gasteiger partial charge in [-0.3, -0.25) is 0 Å². The lowest BCUT2D eigenvalue weighted by molar-refractivity contribution is -0.185. The van der Waals surface area contributed by atoms with Crippen molar-refractivity contribution in [1.82, 2.24) is 0 Å². The topological polar surface area (TPSA) is 68.2 Å². The number of hydrogen-bond acceptors (Lipinski definition) is 7. The van der Waals surface area contributed by atoms with Crippen molar-refractivity contribution in [3.05, 3.63) is 0 Å². The minimum Gasteiger partial charge on any atom is -0.477 e. The van der Waals surface area contributed by atoms with Gasteiger partial charge < -0.3 is 24.4 Å². The molecule has 4 atom stereocenters. The molecule has 0 unspecified atom stereocenters. The highest BCUT2D eigenvalue weighted by Crippen LogP contribution is 2.25. The monoisotopic (exact) mass is 729 g/mol. The number of hydrogen-bond donors (Lipinski definition) is 2. The molecule has 0 aliphatic carbocycles. The molecule has 49 heavy (non-hydrogen) atoms. The van der Waals surface area contributed by atoms with Crippen LogP contribution in [0.25, 0.3) is 0 Å². The Morgan fingerprint density at radius 3 is 1.08 bits per heavy atom. The zero-order valence-electron chi connectivity index (χ0n) is 32.3. The smallest absolute Gasteiger partial charge is 0.167 e. The van der Waals surface area contributed by atoms with Crippen LogP contribution in [0.15, 0.2) is 0 Å². The molecular formula is C42H80O5S2. The highest BCUT2D eigenvalue weighted by molar-refractivity contribution is 7.80. The van der Waals surface area contributed by atoms with Crippen LogP contribution in [0, 0.1) is 0 Å². The van der Waals surface area contributed by atoms with Crippen molar-refractivity contribution in [2.75, 3.05) is 13.2 Å². The quantitative estimate of drug-likeness (QED) is 0.0497. The summed E-state index contributed by atoms with van der Waals surface area (Å²) in [7, 11) is 0. The largest absolute Gasteiger partial charge is 0.477 e. The summed E-state index contributed by atoms with van der Waals surface area (Å²) in [5, 5.41) is 21.7. The first-order valence-corrected chi connectivity index (χ1v) is 22.1. The van der Waals surface area contributed by atoms with Crippen LogP contribution in [-0.2, 0) is 14.2 Å². The van der Waals surface area contributed by atoms with E-state index < -0.39 is 24.4 Å². The predicted octanol–water partition coefficient (Wildman–Crippen LogP) is 12.7. The number of ether oxygens (including phenoxy) is 3. The van der Waals surface area contributed by atoms with Crippen LogP contribution in [0.5, 0.6) is 0 Å². The van der Waals surface area contributed by atoms with Crippen molar-refractivity contribution in [2.24, 2.45) is 0 Å². The van der Waals surface area contributed by atoms with Crippen LogP contribution in [0.3, 0.4) is 0 Å². The van der Waals surface area contributed by atoms with Gasteiger partial charge in [0, 0.05) is 12.8 Å². The molecule has 1 rings (SSSR count). The molecule has 5 nitrogen and oxygen atoms in total. The van der Waals surface area contributed by atoms with Gasteiger partial charge in [0.1, 0.15) is 12.2 Å². The lowest BCUT2D eigenvalue weighted by Crippen LogP contribution is -2.57. The van der Waals surface area contributed by atoms with Crippen molar-refractivity contribution in [3.8, 4) is 0 Å². The summed E-state index contributed by atoms with van der Waals surface area (Å²) in [6, 6.07) is 0. The zero-order valence-corrected chi connectivity index (χ0v) is 33.9. The highest BCUT2D eigenvalue weighted by Gasteiger charge is 2.43. The minimum atomic E-state index is -0.875. The highest BCUT2D eigenvalue weighted by atomic mass is 32.1. The fraction of sp³-hybridized carbons (Fsp3) is 0.952. The standard InChI is InChI=1S/C42H80O5S2/c1-3-5-7-9-11-13-15-17-19-21-23-25-27-29-31-33-39(48)46-41-37(44)36-45-38(35-43)42(41)47-40(49)34-32-30-28-26-24-22-20-18-16-14-12-10-8-6-4-2/h37-38,41-44H,3-36H2,1-2H3/t37-,38+,41+,42+/m1/s1. The molecule has 2 N–H and O–H groups in total. The second-order valence-corrected chi connectivity index (χ2v) is 15.8. The van der Waals surface area contributed by atoms with Gasteiger partial charge in [0.2, 0.25) is 0 Å². The summed E-state index contributed by atoms with van der Waals surface area (Å²) >= 11 is 11.2. The Bertz CT molecular complexity index is 751. The molecule has 7 heteroatoms. The molecule has 1 fully saturated rings. The molecule has 1 aliphatic rings. The Labute approximate surface area is 314 Å². The number of aliphatic hydroxyl groups excluding tert-OH is 2. The Morgan fingerprint density at radius 1 is 0.490 bits per heavy atom. The van der Waals surface area contributed by atoms with E-state index in [9.17, 15) is 10.2 Å². The molecule has 0 aromatic rings. The van der Waals surface area contributed by atoms with Gasteiger partial charge >= 0.3 is 0 Å². The third-order valence-electron chi connectivity index (χ3n) is 10.2. The summed E-state index contributed by atoms with van der Waals surface area (Å²) < 4.78 is 17.9. The van der Waals surface area contributed by atoms with Gasteiger partial charge in [-0.1, -0.05) is 194 Å². The maximum atomic E-state index is 10.7. The lowest BCUT2D eigenvalue weighted by Gasteiger charge is -2.40. The van der Waals surface area contributed by atoms with Crippen LogP contribution < -0.4 is 0 Å². The van der Waals surface area contributed by atoms with E-state index >= 15 is 0 Å². The summed E-state index contributed by atoms with van der Waals surface area (Å²) in [5.74, 6) is 0. The van der Waals surface area contributed by atoms with Crippen molar-refractivity contribution in [2.45, 2.75) is 244 Å². The minimum absolute atomic E-state index is 0.0864. The maximum Gasteiger partial charge on any atom is 0.167 e. The molecule has 1 saturated heterocycles. The van der Waals surface area contributed by atoms with Crippen molar-refractivity contribution in [3.63, 3.8) is 0 Å². The molecule has 0 spiro atoms. The van der Waals surface area contributed by atoms with E-state index in [1.54, 1.807) is 0 Å². The number of aliphatic hydroxyl groups is 2. The van der Waals surface area contributed by atoms with Gasteiger partial charge in [0.15, 0.2) is 22.3 Å². The first kappa shape index (κ1) is 46.7. The normalized spacial score (nSPS) is 19.3. The molecule has 0 aromatic heterocycles. The van der Waals surface area contributed by atoms with Crippen LogP contribution >= 0.6 is 24.4 Å². The van der Waals surface area contributed by atoms with Crippen LogP contribution in [-0.4, -0.2) is 57.9 Å². The van der Waals surface area contributed by atoms with Gasteiger partial charge in [-0.15, -0.1) is 0 Å². The van der Waals surface area contributed by atoms with E-state index in [0.29, 0.717) is 22.9 Å². The summed E-state index contributed by atoms with van der Waals surface area (Å²) in [6.45, 7) is 4.43. The van der Waals surface area contributed by atoms with E-state index in [1.165, 1.54) is 167 Å². The third-order valence-corrected chi connectivity index (χ3v) is 10.8. The van der Waals surface area contributed by atoms with Crippen molar-refractivity contribution >= 4 is 34.5 Å². The molecule has 0 amide bonds. The van der Waals surface area contributed by atoms with Crippen LogP contribution in [0.4, 0.5) is 0 Å². The SMILES string of the molecule is CCCCCCCCCCCCCCCCCC(=S)O[C@@H]1[C@@H](OC(=S)CCCCCCCCCCCCCCCCC)[C@H](CO)OC[C@H]1O. The van der Waals surface area contributed by atoms with Gasteiger partial charge in [0.25, 0.3) is 0 Å². The van der Waals surface area contributed by atoms with Crippen LogP contribution in [0.1, 0.15) is 219 Å². The van der Waals surface area contributed by atoms with Gasteiger partial charge in [-0.05, 0) is 37.3 Å². The second kappa shape index (κ2) is 34.7. The Morgan fingerprint density at radius 2 is 0.776 bits per heavy atom. The summed E-state index contributed by atoms with van der Waals surface area (Å²) in [6.07, 6.45) is 38.3. The van der Waals surface area contributed by atoms with Gasteiger partial charge in [-0.25, -0.2) is 0 Å². The molecule has 0 bridgehead atoms. The Balaban J connectivity index is 2.14. The summed E-state index contributed by atoms with van der Waals surface area (Å²) in [5.41, 5.74) is 0. The Kier molecular flexibility index (Phi) is 33.1. The summed E-state index contributed by atoms with van der Waals surface area (Å²) in [4.78, 5) is 0. The average Bonchev–Trinajstić information content (AvgIpc) is 3.09. The molecule has 0 radical (unpaired) electrons. The van der Waals surface area contributed by atoms with E-state index in [1.807, 2.05) is 0 Å². The molecule has 290 valence electrons. The van der Waals surface area contributed by atoms with E-state index in [4.69, 9.17) is 38.6 Å². The maximum absolute atomic E-state index is 10.7. The molecule has 1 aliphatic heterocycles. The van der Waals surface area contributed by atoms with E-state index in [0.717, 1.165) is 25.7 Å². The molecular weight excluding hydrogens is 649 g/mol. The first-order chi connectivity index (χ1) is 24.0. The molecule has 0 saturated carbocycles. The van der Waals surface area contributed by atoms with Gasteiger partial charge in [-0.2, -0.15) is 0 Å². The van der Waals surface area contributed by atoms with E-state index in [-0.39, 0.29) is 13.2 Å². The Hall–Kier alpha value is -0.340. The third kappa shape index (κ3) is 27.0. The number of thiocarbonyl (C=S) groups is 2. The fourth-order valence-corrected chi connectivity index (χ4v) is 7.50. The predicted molar refractivity (Wildman–Crippen MR) is 217 cm³/mol. The fourth-order valence-electron chi connectivity index (χ4n) is 6.99. The number of unbranched alkanes of at least 4 members (excludes halogenated alkanes) is 28. The van der Waals surface area contributed by atoms with Crippen LogP contribution in [0.2, 0.25) is 0 Å². The van der Waals surface area contributed by atoms with Crippen molar-refractivity contribution in [1.29, 1.82) is 0 Å².